The van der Waals surface area contributed by atoms with Crippen LogP contribution in [-0.2, 0) is 0 Å². The van der Waals surface area contributed by atoms with Gasteiger partial charge in [-0.15, -0.1) is 12.3 Å². The van der Waals surface area contributed by atoms with Crippen molar-refractivity contribution in [3.8, 4) is 18.1 Å². The van der Waals surface area contributed by atoms with Crippen LogP contribution in [0.4, 0.5) is 8.78 Å². The third kappa shape index (κ3) is 3.52. The first kappa shape index (κ1) is 12.5. The largest absolute Gasteiger partial charge is 0.434 e. The van der Waals surface area contributed by atoms with Gasteiger partial charge < -0.3 is 9.84 Å². The molecule has 0 aliphatic rings. The zero-order valence-corrected chi connectivity index (χ0v) is 8.57. The zero-order chi connectivity index (χ0) is 12.0. The number of rotatable bonds is 5. The van der Waals surface area contributed by atoms with E-state index in [1.54, 1.807) is 18.2 Å². The zero-order valence-electron chi connectivity index (χ0n) is 8.57. The topological polar surface area (TPSA) is 29.5 Å². The van der Waals surface area contributed by atoms with Gasteiger partial charge in [-0.2, -0.15) is 8.78 Å². The minimum Gasteiger partial charge on any atom is -0.434 e. The first-order valence-electron chi connectivity index (χ1n) is 4.80. The van der Waals surface area contributed by atoms with Crippen LogP contribution in [0.25, 0.3) is 0 Å². The molecule has 1 atom stereocenters. The van der Waals surface area contributed by atoms with Crippen molar-refractivity contribution in [2.75, 3.05) is 0 Å². The summed E-state index contributed by atoms with van der Waals surface area (Å²) < 4.78 is 28.5. The van der Waals surface area contributed by atoms with E-state index in [9.17, 15) is 13.9 Å². The number of ether oxygens (including phenoxy) is 1. The Morgan fingerprint density at radius 2 is 2.06 bits per heavy atom. The van der Waals surface area contributed by atoms with Gasteiger partial charge in [0.05, 0.1) is 6.10 Å². The molecule has 0 fully saturated rings. The Bertz CT molecular complexity index is 372. The standard InChI is InChI=1S/C12H12F2O2/c1-2-3-7-10(15)9-6-4-5-8-11(9)16-12(13)14/h1,4-6,8,10,12,15H,3,7H2. The Morgan fingerprint density at radius 1 is 1.38 bits per heavy atom. The summed E-state index contributed by atoms with van der Waals surface area (Å²) in [6, 6.07) is 6.14. The molecular weight excluding hydrogens is 214 g/mol. The Morgan fingerprint density at radius 3 is 2.69 bits per heavy atom. The molecule has 0 aliphatic heterocycles. The SMILES string of the molecule is C#CCCC(O)c1ccccc1OC(F)F. The molecule has 1 aromatic carbocycles. The van der Waals surface area contributed by atoms with Crippen LogP contribution in [-0.4, -0.2) is 11.7 Å². The number of aliphatic hydroxyl groups excluding tert-OH is 1. The van der Waals surface area contributed by atoms with Crippen LogP contribution >= 0.6 is 0 Å². The first-order valence-corrected chi connectivity index (χ1v) is 4.80. The van der Waals surface area contributed by atoms with E-state index in [1.165, 1.54) is 6.07 Å². The van der Waals surface area contributed by atoms with Gasteiger partial charge in [0.2, 0.25) is 0 Å². The maximum absolute atomic E-state index is 12.1. The Labute approximate surface area is 92.9 Å². The van der Waals surface area contributed by atoms with Crippen molar-refractivity contribution in [2.24, 2.45) is 0 Å². The molecule has 16 heavy (non-hydrogen) atoms. The van der Waals surface area contributed by atoms with Gasteiger partial charge in [-0.3, -0.25) is 0 Å². The summed E-state index contributed by atoms with van der Waals surface area (Å²) in [7, 11) is 0. The van der Waals surface area contributed by atoms with Crippen LogP contribution < -0.4 is 4.74 Å². The summed E-state index contributed by atoms with van der Waals surface area (Å²) >= 11 is 0. The Hall–Kier alpha value is -1.60. The smallest absolute Gasteiger partial charge is 0.387 e. The van der Waals surface area contributed by atoms with Crippen molar-refractivity contribution in [2.45, 2.75) is 25.6 Å². The number of hydrogen-bond acceptors (Lipinski definition) is 2. The minimum absolute atomic E-state index is 0.0120. The fraction of sp³-hybridized carbons (Fsp3) is 0.333. The molecule has 0 saturated heterocycles. The number of aliphatic hydroxyl groups is 1. The molecule has 86 valence electrons. The molecule has 4 heteroatoms. The maximum atomic E-state index is 12.1. The maximum Gasteiger partial charge on any atom is 0.387 e. The van der Waals surface area contributed by atoms with Gasteiger partial charge in [0.1, 0.15) is 5.75 Å². The lowest BCUT2D eigenvalue weighted by Gasteiger charge is -2.14. The Kier molecular flexibility index (Phi) is 4.74. The second kappa shape index (κ2) is 6.09. The molecule has 0 bridgehead atoms. The second-order valence-corrected chi connectivity index (χ2v) is 3.17. The van der Waals surface area contributed by atoms with Crippen LogP contribution in [0.15, 0.2) is 24.3 Å². The summed E-state index contributed by atoms with van der Waals surface area (Å²) in [6.07, 6.45) is 4.88. The second-order valence-electron chi connectivity index (χ2n) is 3.17. The molecule has 1 rings (SSSR count). The number of terminal acetylenes is 1. The predicted octanol–water partition coefficient (Wildman–Crippen LogP) is 2.73. The normalized spacial score (nSPS) is 12.2. The molecule has 2 nitrogen and oxygen atoms in total. The van der Waals surface area contributed by atoms with E-state index in [4.69, 9.17) is 6.42 Å². The molecule has 1 aromatic rings. The van der Waals surface area contributed by atoms with Crippen LogP contribution in [0.2, 0.25) is 0 Å². The highest BCUT2D eigenvalue weighted by atomic mass is 19.3. The first-order chi connectivity index (χ1) is 7.65. The number of halogens is 2. The van der Waals surface area contributed by atoms with Gasteiger partial charge in [0.25, 0.3) is 0 Å². The van der Waals surface area contributed by atoms with Crippen molar-refractivity contribution >= 4 is 0 Å². The summed E-state index contributed by atoms with van der Waals surface area (Å²) in [4.78, 5) is 0. The molecule has 1 N–H and O–H groups in total. The van der Waals surface area contributed by atoms with E-state index in [-0.39, 0.29) is 5.75 Å². The van der Waals surface area contributed by atoms with Crippen molar-refractivity contribution in [1.82, 2.24) is 0 Å². The predicted molar refractivity (Wildman–Crippen MR) is 56.1 cm³/mol. The molecule has 0 aromatic heterocycles. The fourth-order valence-electron chi connectivity index (χ4n) is 1.33. The van der Waals surface area contributed by atoms with Crippen LogP contribution in [0.3, 0.4) is 0 Å². The minimum atomic E-state index is -2.90. The van der Waals surface area contributed by atoms with Crippen LogP contribution in [0.1, 0.15) is 24.5 Å². The highest BCUT2D eigenvalue weighted by Gasteiger charge is 2.15. The van der Waals surface area contributed by atoms with Gasteiger partial charge in [-0.05, 0) is 12.5 Å². The molecule has 0 amide bonds. The highest BCUT2D eigenvalue weighted by Crippen LogP contribution is 2.28. The number of hydrogen-bond donors (Lipinski definition) is 1. The van der Waals surface area contributed by atoms with E-state index < -0.39 is 12.7 Å². The third-order valence-corrected chi connectivity index (χ3v) is 2.06. The molecule has 1 unspecified atom stereocenters. The lowest BCUT2D eigenvalue weighted by atomic mass is 10.0. The molecule has 0 heterocycles. The van der Waals surface area contributed by atoms with E-state index in [2.05, 4.69) is 10.7 Å². The Balaban J connectivity index is 2.81. The van der Waals surface area contributed by atoms with Crippen molar-refractivity contribution in [3.63, 3.8) is 0 Å². The average molecular weight is 226 g/mol. The highest BCUT2D eigenvalue weighted by molar-refractivity contribution is 5.35. The number of alkyl halides is 2. The van der Waals surface area contributed by atoms with Crippen LogP contribution in [0, 0.1) is 12.3 Å². The molecule has 0 radical (unpaired) electrons. The monoisotopic (exact) mass is 226 g/mol. The van der Waals surface area contributed by atoms with Gasteiger partial charge in [-0.25, -0.2) is 0 Å². The summed E-state index contributed by atoms with van der Waals surface area (Å²) in [6.45, 7) is -2.90. The van der Waals surface area contributed by atoms with E-state index >= 15 is 0 Å². The number of benzene rings is 1. The summed E-state index contributed by atoms with van der Waals surface area (Å²) in [5.41, 5.74) is 0.332. The van der Waals surface area contributed by atoms with Gasteiger partial charge in [0, 0.05) is 12.0 Å². The molecular formula is C12H12F2O2. The van der Waals surface area contributed by atoms with Crippen molar-refractivity contribution < 1.29 is 18.6 Å². The lowest BCUT2D eigenvalue weighted by molar-refractivity contribution is -0.0516. The van der Waals surface area contributed by atoms with Crippen LogP contribution in [0.5, 0.6) is 5.75 Å². The quantitative estimate of drug-likeness (QED) is 0.782. The average Bonchev–Trinajstić information content (AvgIpc) is 2.26. The molecule has 0 saturated carbocycles. The van der Waals surface area contributed by atoms with Crippen molar-refractivity contribution in [3.05, 3.63) is 29.8 Å². The van der Waals surface area contributed by atoms with E-state index in [0.29, 0.717) is 18.4 Å². The van der Waals surface area contributed by atoms with Gasteiger partial charge in [0.15, 0.2) is 0 Å². The fourth-order valence-corrected chi connectivity index (χ4v) is 1.33. The lowest BCUT2D eigenvalue weighted by Crippen LogP contribution is -2.07. The summed E-state index contributed by atoms with van der Waals surface area (Å²) in [5.74, 6) is 2.37. The van der Waals surface area contributed by atoms with Gasteiger partial charge in [-0.1, -0.05) is 18.2 Å². The summed E-state index contributed by atoms with van der Waals surface area (Å²) in [5, 5.41) is 9.72. The van der Waals surface area contributed by atoms with Gasteiger partial charge >= 0.3 is 6.61 Å². The molecule has 0 spiro atoms. The van der Waals surface area contributed by atoms with Crippen molar-refractivity contribution in [1.29, 1.82) is 0 Å². The third-order valence-electron chi connectivity index (χ3n) is 2.06. The van der Waals surface area contributed by atoms with E-state index in [0.717, 1.165) is 0 Å². The molecule has 0 aliphatic carbocycles. The number of para-hydroxylation sites is 1. The van der Waals surface area contributed by atoms with E-state index in [1.807, 2.05) is 0 Å².